The monoisotopic (exact) mass is 322 g/mol. The van der Waals surface area contributed by atoms with Crippen molar-refractivity contribution in [1.82, 2.24) is 20.1 Å². The van der Waals surface area contributed by atoms with Gasteiger partial charge in [-0.2, -0.15) is 0 Å². The molecule has 8 nitrogen and oxygen atoms in total. The Morgan fingerprint density at radius 1 is 1.64 bits per heavy atom. The second kappa shape index (κ2) is 6.53. The highest BCUT2D eigenvalue weighted by molar-refractivity contribution is 7.99. The Labute approximate surface area is 131 Å². The first-order chi connectivity index (χ1) is 10.6. The van der Waals surface area contributed by atoms with Crippen LogP contribution in [-0.2, 0) is 25.9 Å². The Hall–Kier alpha value is -1.81. The van der Waals surface area contributed by atoms with Gasteiger partial charge in [-0.3, -0.25) is 9.59 Å². The molecule has 1 aromatic heterocycles. The molecule has 1 fully saturated rings. The number of carbonyl (C=O) groups excluding carboxylic acids is 2. The Balaban J connectivity index is 1.55. The van der Waals surface area contributed by atoms with Gasteiger partial charge in [-0.1, -0.05) is 23.9 Å². The maximum atomic E-state index is 12.1. The molecular weight excluding hydrogens is 307 g/mol. The summed E-state index contributed by atoms with van der Waals surface area (Å²) in [4.78, 5) is 23.6. The Morgan fingerprint density at radius 2 is 2.50 bits per heavy atom. The summed E-state index contributed by atoms with van der Waals surface area (Å²) in [5.41, 5.74) is 0. The number of rotatable bonds is 4. The van der Waals surface area contributed by atoms with Gasteiger partial charge in [0.1, 0.15) is 6.33 Å². The first-order valence-electron chi connectivity index (χ1n) is 6.89. The van der Waals surface area contributed by atoms with Crippen molar-refractivity contribution < 1.29 is 18.9 Å². The fourth-order valence-corrected chi connectivity index (χ4v) is 2.98. The SMILES string of the molecule is Cn1cnnc1SCC(=O)N[C@H]1CC=C[C@@H]2CC(=O)OB1O2. The fourth-order valence-electron chi connectivity index (χ4n) is 2.28. The molecule has 2 aliphatic rings. The summed E-state index contributed by atoms with van der Waals surface area (Å²) in [6, 6.07) is 0. The van der Waals surface area contributed by atoms with Crippen LogP contribution in [0.2, 0.25) is 0 Å². The van der Waals surface area contributed by atoms with E-state index in [1.807, 2.05) is 19.2 Å². The molecule has 3 heterocycles. The molecule has 1 amide bonds. The van der Waals surface area contributed by atoms with E-state index in [-0.39, 0.29) is 36.1 Å². The average molecular weight is 322 g/mol. The molecule has 2 bridgehead atoms. The minimum absolute atomic E-state index is 0.171. The molecule has 1 aromatic rings. The van der Waals surface area contributed by atoms with Crippen LogP contribution in [-0.4, -0.2) is 51.6 Å². The van der Waals surface area contributed by atoms with E-state index in [2.05, 4.69) is 15.5 Å². The number of aryl methyl sites for hydroxylation is 1. The van der Waals surface area contributed by atoms with E-state index in [4.69, 9.17) is 9.31 Å². The summed E-state index contributed by atoms with van der Waals surface area (Å²) in [7, 11) is 1.08. The van der Waals surface area contributed by atoms with Crippen molar-refractivity contribution in [1.29, 1.82) is 0 Å². The highest BCUT2D eigenvalue weighted by Gasteiger charge is 2.41. The molecule has 0 unspecified atom stereocenters. The van der Waals surface area contributed by atoms with E-state index in [1.165, 1.54) is 11.8 Å². The smallest absolute Gasteiger partial charge is 0.508 e. The Bertz CT molecular complexity index is 608. The second-order valence-electron chi connectivity index (χ2n) is 5.09. The van der Waals surface area contributed by atoms with Crippen molar-refractivity contribution in [2.24, 2.45) is 7.05 Å². The van der Waals surface area contributed by atoms with Gasteiger partial charge in [-0.25, -0.2) is 0 Å². The molecule has 0 aliphatic carbocycles. The number of nitrogens with zero attached hydrogens (tertiary/aromatic N) is 3. The lowest BCUT2D eigenvalue weighted by Gasteiger charge is -2.28. The minimum Gasteiger partial charge on any atom is -0.508 e. The lowest BCUT2D eigenvalue weighted by molar-refractivity contribution is -0.141. The van der Waals surface area contributed by atoms with E-state index in [9.17, 15) is 9.59 Å². The van der Waals surface area contributed by atoms with Crippen LogP contribution in [0.1, 0.15) is 12.8 Å². The van der Waals surface area contributed by atoms with Crippen LogP contribution in [0.3, 0.4) is 0 Å². The van der Waals surface area contributed by atoms with E-state index in [0.717, 1.165) is 0 Å². The van der Waals surface area contributed by atoms with E-state index in [0.29, 0.717) is 11.6 Å². The van der Waals surface area contributed by atoms with Crippen LogP contribution < -0.4 is 5.32 Å². The summed E-state index contributed by atoms with van der Waals surface area (Å²) in [5, 5.41) is 11.2. The molecule has 0 radical (unpaired) electrons. The molecule has 0 saturated carbocycles. The second-order valence-corrected chi connectivity index (χ2v) is 6.03. The van der Waals surface area contributed by atoms with Gasteiger partial charge < -0.3 is 19.2 Å². The number of nitrogens with one attached hydrogen (secondary N) is 1. The molecule has 0 aromatic carbocycles. The lowest BCUT2D eigenvalue weighted by Crippen LogP contribution is -2.53. The van der Waals surface area contributed by atoms with Crippen LogP contribution in [0.25, 0.3) is 0 Å². The molecule has 2 aliphatic heterocycles. The topological polar surface area (TPSA) is 95.3 Å². The lowest BCUT2D eigenvalue weighted by atomic mass is 9.75. The summed E-state index contributed by atoms with van der Waals surface area (Å²) < 4.78 is 12.5. The van der Waals surface area contributed by atoms with Crippen molar-refractivity contribution in [3.8, 4) is 0 Å². The van der Waals surface area contributed by atoms with Crippen LogP contribution in [0, 0.1) is 0 Å². The number of aromatic nitrogens is 3. The van der Waals surface area contributed by atoms with E-state index in [1.54, 1.807) is 10.9 Å². The zero-order chi connectivity index (χ0) is 15.5. The van der Waals surface area contributed by atoms with Crippen molar-refractivity contribution in [3.05, 3.63) is 18.5 Å². The quantitative estimate of drug-likeness (QED) is 0.462. The minimum atomic E-state index is -0.731. The van der Waals surface area contributed by atoms with Crippen molar-refractivity contribution in [2.45, 2.75) is 30.0 Å². The highest BCUT2D eigenvalue weighted by atomic mass is 32.2. The fraction of sp³-hybridized carbons (Fsp3) is 0.500. The molecule has 2 atom stereocenters. The Morgan fingerprint density at radius 3 is 3.27 bits per heavy atom. The summed E-state index contributed by atoms with van der Waals surface area (Å²) in [6.45, 7) is 0. The molecule has 116 valence electrons. The first kappa shape index (κ1) is 15.1. The Kier molecular flexibility index (Phi) is 4.48. The number of hydrogen-bond donors (Lipinski definition) is 1. The van der Waals surface area contributed by atoms with Crippen LogP contribution in [0.4, 0.5) is 0 Å². The normalized spacial score (nSPS) is 23.9. The molecule has 1 saturated heterocycles. The number of fused-ring (bicyclic) bond motifs is 2. The first-order valence-corrected chi connectivity index (χ1v) is 7.88. The third-order valence-corrected chi connectivity index (χ3v) is 4.38. The maximum Gasteiger partial charge on any atom is 0.552 e. The molecule has 0 spiro atoms. The zero-order valence-corrected chi connectivity index (χ0v) is 12.8. The summed E-state index contributed by atoms with van der Waals surface area (Å²) in [5.74, 6) is -0.648. The highest BCUT2D eigenvalue weighted by Crippen LogP contribution is 2.20. The van der Waals surface area contributed by atoms with Gasteiger partial charge in [-0.05, 0) is 6.42 Å². The van der Waals surface area contributed by atoms with Gasteiger partial charge in [0.2, 0.25) is 5.91 Å². The standard InChI is InChI=1S/C12H15BN4O4S/c1-17-7-14-16-12(17)22-6-10(18)15-9-4-2-3-8-5-11(19)21-13(9)20-8/h2-3,7-9H,4-6H2,1H3,(H,15,18)/t8-,9+/m1/s1. The number of thioether (sulfide) groups is 1. The van der Waals surface area contributed by atoms with Crippen LogP contribution >= 0.6 is 11.8 Å². The predicted octanol–water partition coefficient (Wildman–Crippen LogP) is -0.289. The molecule has 22 heavy (non-hydrogen) atoms. The van der Waals surface area contributed by atoms with Gasteiger partial charge >= 0.3 is 7.12 Å². The maximum absolute atomic E-state index is 12.1. The van der Waals surface area contributed by atoms with Crippen molar-refractivity contribution in [2.75, 3.05) is 5.75 Å². The van der Waals surface area contributed by atoms with Gasteiger partial charge in [0.15, 0.2) is 5.16 Å². The number of amides is 1. The van der Waals surface area contributed by atoms with Crippen molar-refractivity contribution in [3.63, 3.8) is 0 Å². The predicted molar refractivity (Wildman–Crippen MR) is 78.8 cm³/mol. The van der Waals surface area contributed by atoms with E-state index < -0.39 is 7.12 Å². The summed E-state index contributed by atoms with van der Waals surface area (Å²) >= 11 is 1.29. The third kappa shape index (κ3) is 3.50. The number of carbonyl (C=O) groups is 2. The van der Waals surface area contributed by atoms with Crippen molar-refractivity contribution >= 4 is 30.8 Å². The van der Waals surface area contributed by atoms with Gasteiger partial charge in [0.25, 0.3) is 5.97 Å². The third-order valence-electron chi connectivity index (χ3n) is 3.34. The van der Waals surface area contributed by atoms with Crippen LogP contribution in [0.5, 0.6) is 0 Å². The zero-order valence-electron chi connectivity index (χ0n) is 12.0. The largest absolute Gasteiger partial charge is 0.552 e. The molecular formula is C12H15BN4O4S. The van der Waals surface area contributed by atoms with Gasteiger partial charge in [-0.15, -0.1) is 10.2 Å². The van der Waals surface area contributed by atoms with Gasteiger partial charge in [0.05, 0.1) is 24.2 Å². The van der Waals surface area contributed by atoms with Crippen LogP contribution in [0.15, 0.2) is 23.6 Å². The molecule has 1 N–H and O–H groups in total. The van der Waals surface area contributed by atoms with Gasteiger partial charge in [0, 0.05) is 7.05 Å². The summed E-state index contributed by atoms with van der Waals surface area (Å²) in [6.07, 6.45) is 5.85. The number of hydrogen-bond acceptors (Lipinski definition) is 7. The molecule has 10 heteroatoms. The van der Waals surface area contributed by atoms with E-state index >= 15 is 0 Å². The molecule has 3 rings (SSSR count). The average Bonchev–Trinajstić information content (AvgIpc) is 2.82.